The Hall–Kier alpha value is -1.26. The smallest absolute Gasteiger partial charge is 0.121 e. The summed E-state index contributed by atoms with van der Waals surface area (Å²) >= 11 is 0. The number of hydrogen-bond acceptors (Lipinski definition) is 4. The first-order valence-electron chi connectivity index (χ1n) is 8.10. The molecule has 4 nitrogen and oxygen atoms in total. The Morgan fingerprint density at radius 2 is 1.90 bits per heavy atom. The summed E-state index contributed by atoms with van der Waals surface area (Å²) in [5.74, 6) is 0.855. The molecule has 0 aromatic heterocycles. The first kappa shape index (κ1) is 17.8. The second-order valence-corrected chi connectivity index (χ2v) is 5.19. The zero-order valence-corrected chi connectivity index (χ0v) is 13.6. The van der Waals surface area contributed by atoms with Gasteiger partial charge in [0.2, 0.25) is 0 Å². The lowest BCUT2D eigenvalue weighted by molar-refractivity contribution is 0.0755. The fraction of sp³-hybridized carbons (Fsp3) is 0.647. The number of nitrogens with two attached hydrogens (primary N) is 1. The minimum Gasteiger partial charge on any atom is -0.492 e. The molecule has 0 aliphatic carbocycles. The van der Waals surface area contributed by atoms with E-state index >= 15 is 0 Å². The van der Waals surface area contributed by atoms with Gasteiger partial charge in [0.15, 0.2) is 0 Å². The quantitative estimate of drug-likeness (QED) is 0.820. The molecule has 1 fully saturated rings. The van der Waals surface area contributed by atoms with E-state index in [9.17, 15) is 5.11 Å². The molecule has 0 radical (unpaired) electrons. The van der Waals surface area contributed by atoms with Gasteiger partial charge in [-0.2, -0.15) is 0 Å². The molecule has 3 N–H and O–H groups in total. The molecule has 21 heavy (non-hydrogen) atoms. The standard InChI is InChI=1S/C15H24N2O2.C2H6/c1-2-12-9-13(16)11-15(10-12)19-8-7-17-5-3-14(18)4-6-17;1-2/h9-11,14,18H,2-8,16H2,1H3;1-2H3. The van der Waals surface area contributed by atoms with Crippen LogP contribution in [0, 0.1) is 0 Å². The van der Waals surface area contributed by atoms with Crippen molar-refractivity contribution in [2.45, 2.75) is 46.1 Å². The third-order valence-corrected chi connectivity index (χ3v) is 3.63. The summed E-state index contributed by atoms with van der Waals surface area (Å²) < 4.78 is 5.77. The summed E-state index contributed by atoms with van der Waals surface area (Å²) in [7, 11) is 0. The Morgan fingerprint density at radius 1 is 1.24 bits per heavy atom. The number of piperidine rings is 1. The maximum Gasteiger partial charge on any atom is 0.121 e. The predicted octanol–water partition coefficient (Wildman–Crippen LogP) is 2.69. The van der Waals surface area contributed by atoms with E-state index < -0.39 is 0 Å². The molecule has 0 atom stereocenters. The lowest BCUT2D eigenvalue weighted by atomic mass is 10.1. The third-order valence-electron chi connectivity index (χ3n) is 3.63. The fourth-order valence-electron chi connectivity index (χ4n) is 2.41. The van der Waals surface area contributed by atoms with Crippen molar-refractivity contribution in [2.75, 3.05) is 32.0 Å². The molecular weight excluding hydrogens is 264 g/mol. The molecule has 1 aromatic rings. The van der Waals surface area contributed by atoms with Crippen molar-refractivity contribution < 1.29 is 9.84 Å². The van der Waals surface area contributed by atoms with Gasteiger partial charge in [-0.1, -0.05) is 20.8 Å². The molecule has 0 unspecified atom stereocenters. The van der Waals surface area contributed by atoms with Crippen molar-refractivity contribution in [3.05, 3.63) is 23.8 Å². The van der Waals surface area contributed by atoms with Crippen molar-refractivity contribution >= 4 is 5.69 Å². The number of likely N-dealkylation sites (tertiary alicyclic amines) is 1. The van der Waals surface area contributed by atoms with E-state index in [4.69, 9.17) is 10.5 Å². The number of rotatable bonds is 5. The lowest BCUT2D eigenvalue weighted by Gasteiger charge is -2.29. The summed E-state index contributed by atoms with van der Waals surface area (Å²) in [6, 6.07) is 5.91. The maximum atomic E-state index is 9.45. The summed E-state index contributed by atoms with van der Waals surface area (Å²) in [4.78, 5) is 2.33. The summed E-state index contributed by atoms with van der Waals surface area (Å²) in [6.07, 6.45) is 2.60. The van der Waals surface area contributed by atoms with Crippen molar-refractivity contribution in [3.8, 4) is 5.75 Å². The topological polar surface area (TPSA) is 58.7 Å². The Labute approximate surface area is 128 Å². The highest BCUT2D eigenvalue weighted by molar-refractivity contribution is 5.47. The van der Waals surface area contributed by atoms with Crippen molar-refractivity contribution in [1.82, 2.24) is 4.90 Å². The van der Waals surface area contributed by atoms with Crippen LogP contribution < -0.4 is 10.5 Å². The van der Waals surface area contributed by atoms with Gasteiger partial charge in [-0.3, -0.25) is 4.90 Å². The highest BCUT2D eigenvalue weighted by Crippen LogP contribution is 2.19. The number of nitrogen functional groups attached to an aromatic ring is 1. The molecular formula is C17H30N2O2. The van der Waals surface area contributed by atoms with Crippen molar-refractivity contribution in [3.63, 3.8) is 0 Å². The Morgan fingerprint density at radius 3 is 2.52 bits per heavy atom. The molecule has 0 amide bonds. The van der Waals surface area contributed by atoms with E-state index in [-0.39, 0.29) is 6.10 Å². The van der Waals surface area contributed by atoms with Crippen LogP contribution in [0.5, 0.6) is 5.75 Å². The van der Waals surface area contributed by atoms with Gasteiger partial charge in [-0.15, -0.1) is 0 Å². The van der Waals surface area contributed by atoms with Crippen LogP contribution in [-0.4, -0.2) is 42.4 Å². The molecule has 1 aliphatic rings. The third kappa shape index (κ3) is 6.36. The predicted molar refractivity (Wildman–Crippen MR) is 88.8 cm³/mol. The van der Waals surface area contributed by atoms with Gasteiger partial charge >= 0.3 is 0 Å². The number of nitrogens with zero attached hydrogens (tertiary/aromatic N) is 1. The van der Waals surface area contributed by atoms with Crippen LogP contribution in [0.3, 0.4) is 0 Å². The van der Waals surface area contributed by atoms with Gasteiger partial charge in [0, 0.05) is 31.4 Å². The zero-order chi connectivity index (χ0) is 15.7. The summed E-state index contributed by atoms with van der Waals surface area (Å²) in [5.41, 5.74) is 7.81. The lowest BCUT2D eigenvalue weighted by Crippen LogP contribution is -2.38. The first-order chi connectivity index (χ1) is 10.2. The molecule has 0 saturated carbocycles. The highest BCUT2D eigenvalue weighted by Gasteiger charge is 2.16. The highest BCUT2D eigenvalue weighted by atomic mass is 16.5. The number of aryl methyl sites for hydroxylation is 1. The molecule has 1 aliphatic heterocycles. The second-order valence-electron chi connectivity index (χ2n) is 5.19. The van der Waals surface area contributed by atoms with E-state index in [1.165, 1.54) is 5.56 Å². The fourth-order valence-corrected chi connectivity index (χ4v) is 2.41. The minimum atomic E-state index is -0.113. The summed E-state index contributed by atoms with van der Waals surface area (Å²) in [6.45, 7) is 9.60. The second kappa shape index (κ2) is 9.64. The van der Waals surface area contributed by atoms with Gasteiger partial charge in [0.05, 0.1) is 6.10 Å². The first-order valence-corrected chi connectivity index (χ1v) is 8.10. The van der Waals surface area contributed by atoms with Crippen LogP contribution in [0.15, 0.2) is 18.2 Å². The minimum absolute atomic E-state index is 0.113. The number of ether oxygens (including phenoxy) is 1. The summed E-state index contributed by atoms with van der Waals surface area (Å²) in [5, 5.41) is 9.45. The van der Waals surface area contributed by atoms with Gasteiger partial charge in [-0.05, 0) is 37.0 Å². The number of hydrogen-bond donors (Lipinski definition) is 2. The molecule has 0 spiro atoms. The molecule has 1 saturated heterocycles. The van der Waals surface area contributed by atoms with Crippen LogP contribution in [0.1, 0.15) is 39.2 Å². The van der Waals surface area contributed by atoms with Crippen molar-refractivity contribution in [1.29, 1.82) is 0 Å². The number of aliphatic hydroxyl groups excluding tert-OH is 1. The van der Waals surface area contributed by atoms with Gasteiger partial charge in [-0.25, -0.2) is 0 Å². The van der Waals surface area contributed by atoms with E-state index in [0.717, 1.165) is 50.3 Å². The van der Waals surface area contributed by atoms with E-state index in [2.05, 4.69) is 17.9 Å². The molecule has 2 rings (SSSR count). The van der Waals surface area contributed by atoms with Crippen molar-refractivity contribution in [2.24, 2.45) is 0 Å². The normalized spacial score (nSPS) is 16.2. The van der Waals surface area contributed by atoms with E-state index in [0.29, 0.717) is 6.61 Å². The van der Waals surface area contributed by atoms with Crippen LogP contribution in [-0.2, 0) is 6.42 Å². The monoisotopic (exact) mass is 294 g/mol. The van der Waals surface area contributed by atoms with Gasteiger partial charge in [0.1, 0.15) is 12.4 Å². The Balaban J connectivity index is 0.00000106. The van der Waals surface area contributed by atoms with Gasteiger partial charge < -0.3 is 15.6 Å². The van der Waals surface area contributed by atoms with Crippen LogP contribution in [0.25, 0.3) is 0 Å². The number of aliphatic hydroxyl groups is 1. The molecule has 120 valence electrons. The number of benzene rings is 1. The Bertz CT molecular complexity index is 402. The average Bonchev–Trinajstić information content (AvgIpc) is 2.51. The Kier molecular flexibility index (Phi) is 8.16. The van der Waals surface area contributed by atoms with Crippen LogP contribution >= 0.6 is 0 Å². The number of anilines is 1. The molecule has 4 heteroatoms. The molecule has 0 bridgehead atoms. The van der Waals surface area contributed by atoms with Crippen LogP contribution in [0.2, 0.25) is 0 Å². The SMILES string of the molecule is CC.CCc1cc(N)cc(OCCN2CCC(O)CC2)c1. The van der Waals surface area contributed by atoms with Crippen LogP contribution in [0.4, 0.5) is 5.69 Å². The zero-order valence-electron chi connectivity index (χ0n) is 13.6. The average molecular weight is 294 g/mol. The van der Waals surface area contributed by atoms with E-state index in [1.807, 2.05) is 26.0 Å². The van der Waals surface area contributed by atoms with Gasteiger partial charge in [0.25, 0.3) is 0 Å². The molecule has 1 aromatic carbocycles. The van der Waals surface area contributed by atoms with E-state index in [1.54, 1.807) is 0 Å². The molecule has 1 heterocycles. The largest absolute Gasteiger partial charge is 0.492 e. The maximum absolute atomic E-state index is 9.45.